The van der Waals surface area contributed by atoms with Crippen LogP contribution in [0.5, 0.6) is 0 Å². The summed E-state index contributed by atoms with van der Waals surface area (Å²) >= 11 is 0. The van der Waals surface area contributed by atoms with Crippen LogP contribution < -0.4 is 10.5 Å². The van der Waals surface area contributed by atoms with E-state index in [2.05, 4.69) is 9.62 Å². The molecular weight excluding hydrogens is 360 g/mol. The first-order valence-corrected chi connectivity index (χ1v) is 9.89. The molecule has 0 radical (unpaired) electrons. The molecule has 3 rings (SSSR count). The van der Waals surface area contributed by atoms with Crippen LogP contribution in [-0.4, -0.2) is 68.5 Å². The summed E-state index contributed by atoms with van der Waals surface area (Å²) in [4.78, 5) is 27.6. The van der Waals surface area contributed by atoms with Crippen LogP contribution in [0.15, 0.2) is 32.3 Å². The first-order chi connectivity index (χ1) is 12.3. The van der Waals surface area contributed by atoms with Gasteiger partial charge in [0, 0.05) is 38.8 Å². The Hall–Kier alpha value is -2.17. The Kier molecular flexibility index (Phi) is 5.17. The molecule has 1 amide bonds. The van der Waals surface area contributed by atoms with Crippen molar-refractivity contribution in [3.63, 3.8) is 0 Å². The number of fused-ring (bicyclic) bond motifs is 1. The zero-order chi connectivity index (χ0) is 18.9. The lowest BCUT2D eigenvalue weighted by molar-refractivity contribution is -0.131. The highest BCUT2D eigenvalue weighted by Crippen LogP contribution is 2.18. The minimum Gasteiger partial charge on any atom is -0.408 e. The van der Waals surface area contributed by atoms with E-state index in [-0.39, 0.29) is 22.9 Å². The molecule has 142 valence electrons. The maximum atomic E-state index is 12.5. The second kappa shape index (κ2) is 7.22. The Morgan fingerprint density at radius 1 is 1.23 bits per heavy atom. The Bertz CT molecular complexity index is 970. The fourth-order valence-corrected chi connectivity index (χ4v) is 3.91. The van der Waals surface area contributed by atoms with Gasteiger partial charge in [0.15, 0.2) is 5.58 Å². The monoisotopic (exact) mass is 382 g/mol. The summed E-state index contributed by atoms with van der Waals surface area (Å²) in [6, 6.07) is 4.22. The quantitative estimate of drug-likeness (QED) is 0.759. The van der Waals surface area contributed by atoms with Crippen LogP contribution in [0, 0.1) is 0 Å². The van der Waals surface area contributed by atoms with E-state index in [4.69, 9.17) is 4.42 Å². The minimum atomic E-state index is -3.89. The minimum absolute atomic E-state index is 0.0480. The lowest BCUT2D eigenvalue weighted by atomic mass is 10.3. The van der Waals surface area contributed by atoms with Crippen LogP contribution in [0.3, 0.4) is 0 Å². The number of hydrogen-bond acceptors (Lipinski definition) is 6. The molecule has 1 aliphatic rings. The second-order valence-corrected chi connectivity index (χ2v) is 8.02. The van der Waals surface area contributed by atoms with E-state index in [1.54, 1.807) is 11.8 Å². The average molecular weight is 382 g/mol. The number of aromatic nitrogens is 1. The molecule has 0 spiro atoms. The molecule has 0 saturated carbocycles. The van der Waals surface area contributed by atoms with Crippen LogP contribution in [0.2, 0.25) is 0 Å². The molecule has 1 aliphatic heterocycles. The molecular formula is C16H22N4O5S. The van der Waals surface area contributed by atoms with Gasteiger partial charge in [-0.15, -0.1) is 0 Å². The largest absolute Gasteiger partial charge is 0.419 e. The van der Waals surface area contributed by atoms with E-state index < -0.39 is 15.8 Å². The van der Waals surface area contributed by atoms with Gasteiger partial charge in [-0.25, -0.2) is 17.9 Å². The first-order valence-electron chi connectivity index (χ1n) is 8.41. The van der Waals surface area contributed by atoms with Crippen LogP contribution in [0.25, 0.3) is 11.1 Å². The van der Waals surface area contributed by atoms with E-state index in [1.807, 2.05) is 7.05 Å². The third-order valence-electron chi connectivity index (χ3n) is 4.54. The number of benzene rings is 1. The molecule has 9 nitrogen and oxygen atoms in total. The van der Waals surface area contributed by atoms with Gasteiger partial charge in [-0.1, -0.05) is 0 Å². The number of nitrogens with one attached hydrogen (secondary N) is 1. The Morgan fingerprint density at radius 2 is 1.92 bits per heavy atom. The van der Waals surface area contributed by atoms with Crippen LogP contribution in [0.4, 0.5) is 0 Å². The predicted octanol–water partition coefficient (Wildman–Crippen LogP) is -0.333. The molecule has 0 bridgehead atoms. The molecule has 1 N–H and O–H groups in total. The molecule has 2 heterocycles. The smallest absolute Gasteiger partial charge is 0.408 e. The van der Waals surface area contributed by atoms with Crippen LogP contribution in [0.1, 0.15) is 6.92 Å². The number of carbonyl (C=O) groups excluding carboxylic acids is 1. The topological polar surface area (TPSA) is 105 Å². The lowest BCUT2D eigenvalue weighted by Crippen LogP contribution is -2.50. The zero-order valence-corrected chi connectivity index (χ0v) is 15.6. The summed E-state index contributed by atoms with van der Waals surface area (Å²) < 4.78 is 33.7. The third-order valence-corrected chi connectivity index (χ3v) is 5.93. The van der Waals surface area contributed by atoms with Gasteiger partial charge in [0.25, 0.3) is 0 Å². The van der Waals surface area contributed by atoms with Crippen molar-refractivity contribution in [2.75, 3.05) is 39.8 Å². The van der Waals surface area contributed by atoms with Crippen LogP contribution in [-0.2, 0) is 21.4 Å². The number of piperazine rings is 1. The summed E-state index contributed by atoms with van der Waals surface area (Å²) in [7, 11) is -1.91. The van der Waals surface area contributed by atoms with Gasteiger partial charge in [-0.3, -0.25) is 9.36 Å². The maximum absolute atomic E-state index is 12.5. The van der Waals surface area contributed by atoms with E-state index in [9.17, 15) is 18.0 Å². The fourth-order valence-electron chi connectivity index (χ4n) is 2.92. The van der Waals surface area contributed by atoms with Crippen LogP contribution >= 0.6 is 0 Å². The summed E-state index contributed by atoms with van der Waals surface area (Å²) in [6.07, 6.45) is 0. The number of hydrogen-bond donors (Lipinski definition) is 1. The third kappa shape index (κ3) is 3.67. The standard InChI is InChI=1S/C16H22N4O5S/c1-3-20-13-5-4-12(10-14(13)25-16(20)22)26(23,24)17-11-15(21)19-8-6-18(2)7-9-19/h4-5,10,17H,3,6-9,11H2,1-2H3. The summed E-state index contributed by atoms with van der Waals surface area (Å²) in [6.45, 7) is 4.62. The average Bonchev–Trinajstić information content (AvgIpc) is 2.94. The molecule has 1 fully saturated rings. The SMILES string of the molecule is CCn1c(=O)oc2cc(S(=O)(=O)NCC(=O)N3CCN(C)CC3)ccc21. The van der Waals surface area contributed by atoms with E-state index >= 15 is 0 Å². The van der Waals surface area contributed by atoms with E-state index in [0.29, 0.717) is 25.2 Å². The van der Waals surface area contributed by atoms with Gasteiger partial charge in [0.2, 0.25) is 15.9 Å². The Labute approximate surface area is 151 Å². The number of carbonyl (C=O) groups is 1. The number of amides is 1. The number of rotatable bonds is 5. The van der Waals surface area contributed by atoms with Gasteiger partial charge < -0.3 is 14.2 Å². The van der Waals surface area contributed by atoms with Gasteiger partial charge in [-0.2, -0.15) is 0 Å². The van der Waals surface area contributed by atoms with Crippen molar-refractivity contribution < 1.29 is 17.6 Å². The van der Waals surface area contributed by atoms with Gasteiger partial charge in [0.05, 0.1) is 17.0 Å². The Morgan fingerprint density at radius 3 is 2.58 bits per heavy atom. The van der Waals surface area contributed by atoms with Crippen molar-refractivity contribution in [2.45, 2.75) is 18.4 Å². The molecule has 0 atom stereocenters. The number of sulfonamides is 1. The van der Waals surface area contributed by atoms with Crippen molar-refractivity contribution in [1.29, 1.82) is 0 Å². The van der Waals surface area contributed by atoms with E-state index in [0.717, 1.165) is 13.1 Å². The maximum Gasteiger partial charge on any atom is 0.419 e. The van der Waals surface area contributed by atoms with Gasteiger partial charge in [0.1, 0.15) is 0 Å². The van der Waals surface area contributed by atoms with Crippen molar-refractivity contribution >= 4 is 27.0 Å². The number of aryl methyl sites for hydroxylation is 1. The number of likely N-dealkylation sites (N-methyl/N-ethyl adjacent to an activating group) is 1. The first kappa shape index (κ1) is 18.6. The Balaban J connectivity index is 1.73. The van der Waals surface area contributed by atoms with Crippen molar-refractivity contribution in [1.82, 2.24) is 19.1 Å². The molecule has 26 heavy (non-hydrogen) atoms. The van der Waals surface area contributed by atoms with Crippen molar-refractivity contribution in [3.8, 4) is 0 Å². The number of oxazole rings is 1. The van der Waals surface area contributed by atoms with Crippen molar-refractivity contribution in [3.05, 3.63) is 28.7 Å². The van der Waals surface area contributed by atoms with Gasteiger partial charge >= 0.3 is 5.76 Å². The highest BCUT2D eigenvalue weighted by Gasteiger charge is 2.22. The summed E-state index contributed by atoms with van der Waals surface area (Å²) in [5, 5.41) is 0. The number of nitrogens with zero attached hydrogens (tertiary/aromatic N) is 3. The fraction of sp³-hybridized carbons (Fsp3) is 0.500. The van der Waals surface area contributed by atoms with E-state index in [1.165, 1.54) is 22.8 Å². The molecule has 0 aliphatic carbocycles. The van der Waals surface area contributed by atoms with Crippen molar-refractivity contribution in [2.24, 2.45) is 0 Å². The highest BCUT2D eigenvalue weighted by molar-refractivity contribution is 7.89. The highest BCUT2D eigenvalue weighted by atomic mass is 32.2. The van der Waals surface area contributed by atoms with Gasteiger partial charge in [-0.05, 0) is 26.1 Å². The molecule has 0 unspecified atom stereocenters. The summed E-state index contributed by atoms with van der Waals surface area (Å²) in [5.74, 6) is -0.790. The second-order valence-electron chi connectivity index (χ2n) is 6.25. The normalized spacial score (nSPS) is 16.3. The molecule has 10 heteroatoms. The molecule has 2 aromatic rings. The summed E-state index contributed by atoms with van der Waals surface area (Å²) in [5.41, 5.74) is 0.732. The zero-order valence-electron chi connectivity index (χ0n) is 14.8. The molecule has 1 aromatic heterocycles. The molecule has 1 saturated heterocycles. The predicted molar refractivity (Wildman–Crippen MR) is 95.4 cm³/mol. The molecule has 1 aromatic carbocycles. The lowest BCUT2D eigenvalue weighted by Gasteiger charge is -2.32.